The van der Waals surface area contributed by atoms with Gasteiger partial charge in [0.25, 0.3) is 0 Å². The molecule has 1 N–H and O–H groups in total. The van der Waals surface area contributed by atoms with Gasteiger partial charge in [-0.1, -0.05) is 54.6 Å². The Morgan fingerprint density at radius 2 is 1.79 bits per heavy atom. The maximum Gasteiger partial charge on any atom is 0.350 e. The summed E-state index contributed by atoms with van der Waals surface area (Å²) in [6.07, 6.45) is 9.77. The van der Waals surface area contributed by atoms with Gasteiger partial charge in [0, 0.05) is 11.8 Å². The van der Waals surface area contributed by atoms with Crippen molar-refractivity contribution in [1.29, 1.82) is 0 Å². The highest BCUT2D eigenvalue weighted by molar-refractivity contribution is 5.95. The minimum atomic E-state index is -1.94. The molecule has 0 bridgehead atoms. The van der Waals surface area contributed by atoms with Gasteiger partial charge in [0.1, 0.15) is 0 Å². The summed E-state index contributed by atoms with van der Waals surface area (Å²) in [5, 5.41) is 19.6. The Morgan fingerprint density at radius 1 is 0.939 bits per heavy atom. The molecule has 2 aliphatic carbocycles. The fourth-order valence-electron chi connectivity index (χ4n) is 5.54. The number of urea groups is 1. The van der Waals surface area contributed by atoms with E-state index in [4.69, 9.17) is 0 Å². The summed E-state index contributed by atoms with van der Waals surface area (Å²) in [5.41, 5.74) is 2.15. The summed E-state index contributed by atoms with van der Waals surface area (Å²) >= 11 is 0. The number of fused-ring (bicyclic) bond motifs is 5. The molecule has 1 atom stereocenters. The summed E-state index contributed by atoms with van der Waals surface area (Å²) in [7, 11) is 0. The van der Waals surface area contributed by atoms with Crippen LogP contribution in [0.4, 0.5) is 4.79 Å². The smallest absolute Gasteiger partial charge is 0.263 e. The maximum absolute atomic E-state index is 12.8. The topological polar surface area (TPSA) is 84.6 Å². The number of amides is 2. The van der Waals surface area contributed by atoms with Crippen LogP contribution in [0.15, 0.2) is 59.6 Å². The number of carbonyl (C=O) groups is 1. The van der Waals surface area contributed by atoms with Crippen LogP contribution in [0.3, 0.4) is 0 Å². The monoisotopic (exact) mass is 435 g/mol. The third-order valence-electron chi connectivity index (χ3n) is 6.99. The first-order valence-electron chi connectivity index (χ1n) is 11.1. The molecule has 0 radical (unpaired) electrons. The molecule has 1 aliphatic heterocycles. The molecular weight excluding hydrogens is 414 g/mol. The predicted molar refractivity (Wildman–Crippen MR) is 126 cm³/mol. The molecular formula is C27H21N3O3. The summed E-state index contributed by atoms with van der Waals surface area (Å²) in [5.74, 6) is 0. The largest absolute Gasteiger partial charge is 0.350 e. The van der Waals surface area contributed by atoms with Crippen LogP contribution < -0.4 is 15.8 Å². The van der Waals surface area contributed by atoms with E-state index in [1.54, 1.807) is 30.3 Å². The average molecular weight is 435 g/mol. The number of rotatable bonds is 2. The number of benzene rings is 3. The molecule has 2 amide bonds. The Balaban J connectivity index is 1.73. The second-order valence-electron chi connectivity index (χ2n) is 8.67. The van der Waals surface area contributed by atoms with Gasteiger partial charge in [-0.05, 0) is 69.8 Å². The van der Waals surface area contributed by atoms with Crippen molar-refractivity contribution >= 4 is 24.4 Å². The number of aliphatic imine (C=N–C) groups is 1. The minimum Gasteiger partial charge on any atom is -0.263 e. The molecule has 6 nitrogen and oxygen atoms in total. The van der Waals surface area contributed by atoms with E-state index < -0.39 is 16.6 Å². The van der Waals surface area contributed by atoms with E-state index in [-0.39, 0.29) is 0 Å². The lowest BCUT2D eigenvalue weighted by atomic mass is 9.84. The van der Waals surface area contributed by atoms with Crippen LogP contribution in [0.2, 0.25) is 0 Å². The highest BCUT2D eigenvalue weighted by Crippen LogP contribution is 2.33. The van der Waals surface area contributed by atoms with Crippen molar-refractivity contribution in [2.45, 2.75) is 31.3 Å². The summed E-state index contributed by atoms with van der Waals surface area (Å²) in [6, 6.07) is 16.1. The van der Waals surface area contributed by atoms with Crippen molar-refractivity contribution in [3.05, 3.63) is 113 Å². The van der Waals surface area contributed by atoms with Crippen molar-refractivity contribution in [1.82, 2.24) is 5.32 Å². The molecule has 0 saturated heterocycles. The van der Waals surface area contributed by atoms with E-state index in [1.807, 2.05) is 12.1 Å². The molecule has 0 spiro atoms. The minimum absolute atomic E-state index is 0.400. The van der Waals surface area contributed by atoms with Gasteiger partial charge in [-0.25, -0.2) is 9.79 Å². The van der Waals surface area contributed by atoms with E-state index in [9.17, 15) is 14.9 Å². The fourth-order valence-corrected chi connectivity index (χ4v) is 5.54. The molecule has 0 fully saturated rings. The zero-order chi connectivity index (χ0) is 22.6. The Labute approximate surface area is 189 Å². The van der Waals surface area contributed by atoms with Gasteiger partial charge in [0.05, 0.1) is 16.1 Å². The number of nitro groups is 1. The van der Waals surface area contributed by atoms with Gasteiger partial charge < -0.3 is 0 Å². The molecule has 0 aromatic heterocycles. The molecule has 6 rings (SSSR count). The lowest BCUT2D eigenvalue weighted by molar-refractivity contribution is -0.571. The highest BCUT2D eigenvalue weighted by Gasteiger charge is 2.51. The van der Waals surface area contributed by atoms with Crippen LogP contribution in [-0.2, 0) is 18.5 Å². The molecule has 1 heterocycles. The standard InChI is InChI=1S/C27H21N3O3/c31-26-28-16-18-7-2-4-10-24(18)27(29-26,30(32)33)25-11-5-9-20-22-13-12-17-6-1-3-8-19(17)21(22)14-15-23(20)25/h2,4-7,9-13,15-16H,1,3,8,14H2,(H,29,31). The van der Waals surface area contributed by atoms with Crippen LogP contribution in [0.25, 0.3) is 12.2 Å². The van der Waals surface area contributed by atoms with Crippen molar-refractivity contribution in [3.8, 4) is 0 Å². The molecule has 3 aromatic rings. The van der Waals surface area contributed by atoms with Crippen LogP contribution in [0.5, 0.6) is 0 Å². The highest BCUT2D eigenvalue weighted by atomic mass is 16.6. The van der Waals surface area contributed by atoms with Crippen molar-refractivity contribution < 1.29 is 9.72 Å². The number of nitrogens with one attached hydrogen (secondary N) is 1. The number of hydrogen-bond acceptors (Lipinski definition) is 3. The SMILES string of the molecule is O=C1N=Cc2ccccc2C(c2cccc3c2=CCc2c4c(ccc2=3)=CCCC4)([N+](=O)[O-])N1. The van der Waals surface area contributed by atoms with Crippen molar-refractivity contribution in [3.63, 3.8) is 0 Å². The lowest BCUT2D eigenvalue weighted by Crippen LogP contribution is -2.54. The summed E-state index contributed by atoms with van der Waals surface area (Å²) in [6.45, 7) is 0. The van der Waals surface area contributed by atoms with Gasteiger partial charge in [-0.15, -0.1) is 0 Å². The third kappa shape index (κ3) is 2.80. The molecule has 3 aromatic carbocycles. The van der Waals surface area contributed by atoms with Crippen LogP contribution in [0.1, 0.15) is 40.7 Å². The molecule has 33 heavy (non-hydrogen) atoms. The number of nitrogens with zero attached hydrogens (tertiary/aromatic N) is 2. The molecule has 0 saturated carbocycles. The first kappa shape index (κ1) is 19.6. The maximum atomic E-state index is 12.8. The third-order valence-corrected chi connectivity index (χ3v) is 6.99. The number of carbonyl (C=O) groups excluding carboxylic acids is 1. The van der Waals surface area contributed by atoms with E-state index in [0.29, 0.717) is 23.1 Å². The van der Waals surface area contributed by atoms with Gasteiger partial charge in [-0.3, -0.25) is 15.4 Å². The van der Waals surface area contributed by atoms with Gasteiger partial charge in [0.15, 0.2) is 0 Å². The Kier molecular flexibility index (Phi) is 4.30. The Bertz CT molecular complexity index is 1610. The first-order valence-corrected chi connectivity index (χ1v) is 11.1. The van der Waals surface area contributed by atoms with E-state index in [2.05, 4.69) is 34.6 Å². The zero-order valence-electron chi connectivity index (χ0n) is 17.9. The van der Waals surface area contributed by atoms with E-state index in [1.165, 1.54) is 22.6 Å². The van der Waals surface area contributed by atoms with Crippen LogP contribution in [-0.4, -0.2) is 17.2 Å². The summed E-state index contributed by atoms with van der Waals surface area (Å²) in [4.78, 5) is 28.8. The van der Waals surface area contributed by atoms with E-state index in [0.717, 1.165) is 34.9 Å². The summed E-state index contributed by atoms with van der Waals surface area (Å²) < 4.78 is 0. The second-order valence-corrected chi connectivity index (χ2v) is 8.67. The quantitative estimate of drug-likeness (QED) is 0.496. The Morgan fingerprint density at radius 3 is 2.67 bits per heavy atom. The first-order chi connectivity index (χ1) is 16.1. The molecule has 1 unspecified atom stereocenters. The van der Waals surface area contributed by atoms with E-state index >= 15 is 0 Å². The average Bonchev–Trinajstić information content (AvgIpc) is 3.00. The molecule has 162 valence electrons. The van der Waals surface area contributed by atoms with Crippen LogP contribution >= 0.6 is 0 Å². The van der Waals surface area contributed by atoms with Gasteiger partial charge in [0.2, 0.25) is 0 Å². The molecule has 3 aliphatic rings. The second kappa shape index (κ2) is 7.24. The van der Waals surface area contributed by atoms with Crippen molar-refractivity contribution in [2.75, 3.05) is 0 Å². The lowest BCUT2D eigenvalue weighted by Gasteiger charge is -2.27. The number of hydrogen-bond donors (Lipinski definition) is 1. The van der Waals surface area contributed by atoms with Crippen LogP contribution in [0, 0.1) is 20.6 Å². The normalized spacial score (nSPS) is 20.1. The Hall–Kier alpha value is -4.06. The molecule has 6 heteroatoms. The van der Waals surface area contributed by atoms with Gasteiger partial charge in [-0.2, -0.15) is 0 Å². The predicted octanol–water partition coefficient (Wildman–Crippen LogP) is 3.05. The van der Waals surface area contributed by atoms with Crippen molar-refractivity contribution in [2.24, 2.45) is 4.99 Å². The zero-order valence-corrected chi connectivity index (χ0v) is 17.9. The van der Waals surface area contributed by atoms with Gasteiger partial charge >= 0.3 is 11.7 Å². The fraction of sp³-hybridized carbons (Fsp3) is 0.185.